The van der Waals surface area contributed by atoms with E-state index < -0.39 is 0 Å². The molecule has 0 atom stereocenters. The summed E-state index contributed by atoms with van der Waals surface area (Å²) in [5.41, 5.74) is 2.75. The number of carbonyl (C=O) groups excluding carboxylic acids is 1. The van der Waals surface area contributed by atoms with E-state index in [9.17, 15) is 4.79 Å². The number of Topliss-reactive ketones (excluding diaryl/α,β-unsaturated/α-hetero) is 1. The molecule has 29 heavy (non-hydrogen) atoms. The molecule has 0 aliphatic carbocycles. The fourth-order valence-electron chi connectivity index (χ4n) is 3.56. The first-order valence-electron chi connectivity index (χ1n) is 10.3. The minimum atomic E-state index is 0.0597. The Morgan fingerprint density at radius 3 is 2.52 bits per heavy atom. The highest BCUT2D eigenvalue weighted by molar-refractivity contribution is 6.08. The maximum Gasteiger partial charge on any atom is 0.182 e. The van der Waals surface area contributed by atoms with Crippen LogP contribution in [-0.4, -0.2) is 38.9 Å². The summed E-state index contributed by atoms with van der Waals surface area (Å²) in [7, 11) is 3.28. The van der Waals surface area contributed by atoms with E-state index in [1.807, 2.05) is 47.4 Å². The van der Waals surface area contributed by atoms with Crippen molar-refractivity contribution in [1.82, 2.24) is 0 Å². The monoisotopic (exact) mass is 394 g/mol. The van der Waals surface area contributed by atoms with Gasteiger partial charge in [0.2, 0.25) is 0 Å². The van der Waals surface area contributed by atoms with E-state index in [2.05, 4.69) is 6.92 Å². The summed E-state index contributed by atoms with van der Waals surface area (Å²) in [4.78, 5) is 19.9. The van der Waals surface area contributed by atoms with Crippen LogP contribution in [0.4, 0.5) is 5.69 Å². The summed E-state index contributed by atoms with van der Waals surface area (Å²) < 4.78 is 11.0. The maximum atomic E-state index is 13.1. The van der Waals surface area contributed by atoms with Gasteiger partial charge in [-0.15, -0.1) is 0 Å². The highest BCUT2D eigenvalue weighted by Crippen LogP contribution is 2.34. The molecule has 0 unspecified atom stereocenters. The molecule has 2 aromatic carbocycles. The molecule has 1 heterocycles. The Kier molecular flexibility index (Phi) is 7.28. The second-order valence-corrected chi connectivity index (χ2v) is 7.21. The number of ether oxygens (including phenoxy) is 2. The number of anilines is 1. The molecule has 0 bridgehead atoms. The van der Waals surface area contributed by atoms with E-state index in [1.165, 1.54) is 5.56 Å². The zero-order valence-electron chi connectivity index (χ0n) is 17.6. The zero-order chi connectivity index (χ0) is 20.6. The van der Waals surface area contributed by atoms with Gasteiger partial charge in [-0.05, 0) is 37.0 Å². The lowest BCUT2D eigenvalue weighted by molar-refractivity contribution is 0.100. The number of methoxy groups -OCH3 is 2. The minimum Gasteiger partial charge on any atom is -0.497 e. The predicted octanol–water partition coefficient (Wildman–Crippen LogP) is 4.93. The number of benzene rings is 2. The van der Waals surface area contributed by atoms with Crippen LogP contribution < -0.4 is 14.4 Å². The van der Waals surface area contributed by atoms with Crippen LogP contribution in [0.15, 0.2) is 47.5 Å². The molecule has 2 aromatic rings. The number of ketones is 1. The summed E-state index contributed by atoms with van der Waals surface area (Å²) in [5, 5.41) is 0. The lowest BCUT2D eigenvalue weighted by Crippen LogP contribution is -2.36. The van der Waals surface area contributed by atoms with Gasteiger partial charge in [-0.1, -0.05) is 37.6 Å². The van der Waals surface area contributed by atoms with Gasteiger partial charge in [0.1, 0.15) is 17.3 Å². The highest BCUT2D eigenvalue weighted by Gasteiger charge is 2.23. The van der Waals surface area contributed by atoms with Gasteiger partial charge in [-0.2, -0.15) is 0 Å². The largest absolute Gasteiger partial charge is 0.497 e. The zero-order valence-corrected chi connectivity index (χ0v) is 17.6. The van der Waals surface area contributed by atoms with Crippen molar-refractivity contribution in [2.45, 2.75) is 39.0 Å². The molecule has 0 amide bonds. The van der Waals surface area contributed by atoms with Crippen LogP contribution in [0.5, 0.6) is 11.5 Å². The van der Waals surface area contributed by atoms with Gasteiger partial charge in [0.25, 0.3) is 0 Å². The smallest absolute Gasteiger partial charge is 0.182 e. The molecule has 5 heteroatoms. The van der Waals surface area contributed by atoms with Gasteiger partial charge < -0.3 is 14.4 Å². The Balaban J connectivity index is 1.97. The summed E-state index contributed by atoms with van der Waals surface area (Å²) in [6.07, 6.45) is 5.11. The second-order valence-electron chi connectivity index (χ2n) is 7.21. The summed E-state index contributed by atoms with van der Waals surface area (Å²) >= 11 is 0. The second kappa shape index (κ2) is 10.1. The Morgan fingerprint density at radius 1 is 1.03 bits per heavy atom. The van der Waals surface area contributed by atoms with Crippen molar-refractivity contribution in [3.8, 4) is 11.5 Å². The van der Waals surface area contributed by atoms with E-state index in [0.29, 0.717) is 11.3 Å². The average Bonchev–Trinajstić information content (AvgIpc) is 3.06. The molecule has 3 rings (SSSR count). The van der Waals surface area contributed by atoms with Gasteiger partial charge in [-0.3, -0.25) is 9.79 Å². The number of hydrogen-bond acceptors (Lipinski definition) is 5. The maximum absolute atomic E-state index is 13.1. The fourth-order valence-corrected chi connectivity index (χ4v) is 3.56. The molecular weight excluding hydrogens is 364 g/mol. The standard InChI is InChI=1S/C24H30N2O3/c1-4-18-9-11-19(12-10-18)22(27)17-26(24-8-6-5-7-15-25-24)21-16-20(28-2)13-14-23(21)29-3/h9-14,16H,4-8,15,17H2,1-3H3. The first kappa shape index (κ1) is 20.9. The van der Waals surface area contributed by atoms with Crippen LogP contribution in [0.3, 0.4) is 0 Å². The molecular formula is C24H30N2O3. The normalized spacial score (nSPS) is 14.0. The van der Waals surface area contributed by atoms with Crippen molar-refractivity contribution in [3.63, 3.8) is 0 Å². The fraction of sp³-hybridized carbons (Fsp3) is 0.417. The Labute approximate surface area is 173 Å². The minimum absolute atomic E-state index is 0.0597. The third-order valence-corrected chi connectivity index (χ3v) is 5.33. The quantitative estimate of drug-likeness (QED) is 0.625. The van der Waals surface area contributed by atoms with Gasteiger partial charge in [0, 0.05) is 24.6 Å². The summed E-state index contributed by atoms with van der Waals surface area (Å²) in [6.45, 7) is 3.11. The number of aliphatic imine (C=N–C) groups is 1. The molecule has 154 valence electrons. The van der Waals surface area contributed by atoms with E-state index in [-0.39, 0.29) is 12.3 Å². The lowest BCUT2D eigenvalue weighted by Gasteiger charge is -2.27. The SMILES string of the molecule is CCc1ccc(C(=O)CN(C2=NCCCCC2)c2cc(OC)ccc2OC)cc1. The van der Waals surface area contributed by atoms with Crippen LogP contribution in [0.1, 0.15) is 48.5 Å². The molecule has 0 saturated heterocycles. The lowest BCUT2D eigenvalue weighted by atomic mass is 10.1. The molecule has 0 radical (unpaired) electrons. The first-order chi connectivity index (χ1) is 14.2. The van der Waals surface area contributed by atoms with Crippen LogP contribution in [-0.2, 0) is 6.42 Å². The third-order valence-electron chi connectivity index (χ3n) is 5.33. The number of rotatable bonds is 7. The van der Waals surface area contributed by atoms with Crippen molar-refractivity contribution < 1.29 is 14.3 Å². The number of carbonyl (C=O) groups is 1. The van der Waals surface area contributed by atoms with Crippen LogP contribution in [0, 0.1) is 0 Å². The molecule has 1 aliphatic heterocycles. The molecule has 0 aromatic heterocycles. The third kappa shape index (κ3) is 5.17. The van der Waals surface area contributed by atoms with Crippen molar-refractivity contribution in [1.29, 1.82) is 0 Å². The van der Waals surface area contributed by atoms with E-state index in [1.54, 1.807) is 14.2 Å². The topological polar surface area (TPSA) is 51.1 Å². The molecule has 0 saturated carbocycles. The number of aryl methyl sites for hydroxylation is 1. The van der Waals surface area contributed by atoms with Gasteiger partial charge in [0.05, 0.1) is 26.5 Å². The molecule has 1 aliphatic rings. The predicted molar refractivity (Wildman–Crippen MR) is 118 cm³/mol. The number of amidine groups is 1. The van der Waals surface area contributed by atoms with Crippen molar-refractivity contribution >= 4 is 17.3 Å². The molecule has 0 N–H and O–H groups in total. The molecule has 5 nitrogen and oxygen atoms in total. The van der Waals surface area contributed by atoms with E-state index in [0.717, 1.165) is 55.9 Å². The summed E-state index contributed by atoms with van der Waals surface area (Å²) in [6, 6.07) is 13.5. The summed E-state index contributed by atoms with van der Waals surface area (Å²) in [5.74, 6) is 2.42. The van der Waals surface area contributed by atoms with E-state index in [4.69, 9.17) is 14.5 Å². The Morgan fingerprint density at radius 2 is 1.83 bits per heavy atom. The van der Waals surface area contributed by atoms with Crippen LogP contribution in [0.25, 0.3) is 0 Å². The number of nitrogens with zero attached hydrogens (tertiary/aromatic N) is 2. The Hall–Kier alpha value is -2.82. The van der Waals surface area contributed by atoms with Gasteiger partial charge in [0.15, 0.2) is 5.78 Å². The van der Waals surface area contributed by atoms with Gasteiger partial charge in [-0.25, -0.2) is 0 Å². The van der Waals surface area contributed by atoms with Crippen LogP contribution >= 0.6 is 0 Å². The van der Waals surface area contributed by atoms with Gasteiger partial charge >= 0.3 is 0 Å². The molecule has 0 fully saturated rings. The molecule has 0 spiro atoms. The number of hydrogen-bond donors (Lipinski definition) is 0. The van der Waals surface area contributed by atoms with E-state index >= 15 is 0 Å². The van der Waals surface area contributed by atoms with Crippen molar-refractivity contribution in [3.05, 3.63) is 53.6 Å². The first-order valence-corrected chi connectivity index (χ1v) is 10.3. The van der Waals surface area contributed by atoms with Crippen LogP contribution in [0.2, 0.25) is 0 Å². The Bertz CT molecular complexity index is 859. The van der Waals surface area contributed by atoms with Crippen molar-refractivity contribution in [2.24, 2.45) is 4.99 Å². The van der Waals surface area contributed by atoms with Crippen molar-refractivity contribution in [2.75, 3.05) is 32.2 Å². The average molecular weight is 395 g/mol. The highest BCUT2D eigenvalue weighted by atomic mass is 16.5.